The van der Waals surface area contributed by atoms with E-state index in [1.807, 2.05) is 13.8 Å². The van der Waals surface area contributed by atoms with Crippen molar-refractivity contribution in [2.45, 2.75) is 34.1 Å². The normalized spacial score (nSPS) is 8.42. The minimum Gasteiger partial charge on any atom is -0.494 e. The van der Waals surface area contributed by atoms with E-state index in [9.17, 15) is 0 Å². The predicted octanol–water partition coefficient (Wildman–Crippen LogP) is 3.78. The first-order valence-corrected chi connectivity index (χ1v) is 4.61. The largest absolute Gasteiger partial charge is 0.494 e. The average molecular weight is 170 g/mol. The van der Waals surface area contributed by atoms with E-state index in [0.717, 1.165) is 13.0 Å². The van der Waals surface area contributed by atoms with Gasteiger partial charge in [-0.3, -0.25) is 0 Å². The van der Waals surface area contributed by atoms with Gasteiger partial charge in [0.15, 0.2) is 0 Å². The zero-order chi connectivity index (χ0) is 9.98. The Morgan fingerprint density at radius 2 is 1.92 bits per heavy atom. The maximum Gasteiger partial charge on any atom is 0.111 e. The first-order valence-electron chi connectivity index (χ1n) is 4.61. The summed E-state index contributed by atoms with van der Waals surface area (Å²) < 4.78 is 5.19. The Morgan fingerprint density at radius 3 is 2.25 bits per heavy atom. The molecule has 0 heterocycles. The molecule has 0 saturated heterocycles. The van der Waals surface area contributed by atoms with Crippen LogP contribution in [0.5, 0.6) is 0 Å². The van der Waals surface area contributed by atoms with Crippen LogP contribution in [0.15, 0.2) is 25.0 Å². The SMILES string of the molecule is C=CC(=C)OCCC(C)C.CC. The summed E-state index contributed by atoms with van der Waals surface area (Å²) in [6.45, 7) is 16.2. The molecule has 0 aliphatic carbocycles. The van der Waals surface area contributed by atoms with Gasteiger partial charge in [-0.1, -0.05) is 40.9 Å². The van der Waals surface area contributed by atoms with Gasteiger partial charge in [-0.25, -0.2) is 0 Å². The summed E-state index contributed by atoms with van der Waals surface area (Å²) in [4.78, 5) is 0. The second-order valence-corrected chi connectivity index (χ2v) is 2.70. The fraction of sp³-hybridized carbons (Fsp3) is 0.636. The zero-order valence-corrected chi connectivity index (χ0v) is 8.89. The third kappa shape index (κ3) is 12.0. The van der Waals surface area contributed by atoms with Crippen LogP contribution in [0.3, 0.4) is 0 Å². The van der Waals surface area contributed by atoms with Crippen molar-refractivity contribution >= 4 is 0 Å². The maximum absolute atomic E-state index is 5.19. The predicted molar refractivity (Wildman–Crippen MR) is 56.1 cm³/mol. The quantitative estimate of drug-likeness (QED) is 0.451. The molecule has 0 fully saturated rings. The Hall–Kier alpha value is -0.720. The lowest BCUT2D eigenvalue weighted by atomic mass is 10.1. The lowest BCUT2D eigenvalue weighted by Gasteiger charge is -2.06. The number of hydrogen-bond acceptors (Lipinski definition) is 1. The summed E-state index contributed by atoms with van der Waals surface area (Å²) in [5.74, 6) is 1.36. The molecule has 1 heteroatoms. The second-order valence-electron chi connectivity index (χ2n) is 2.70. The number of ether oxygens (including phenoxy) is 1. The van der Waals surface area contributed by atoms with Crippen LogP contribution >= 0.6 is 0 Å². The number of rotatable bonds is 5. The zero-order valence-electron chi connectivity index (χ0n) is 8.89. The topological polar surface area (TPSA) is 9.23 Å². The van der Waals surface area contributed by atoms with Crippen molar-refractivity contribution in [1.29, 1.82) is 0 Å². The fourth-order valence-electron chi connectivity index (χ4n) is 0.485. The average Bonchev–Trinajstić information content (AvgIpc) is 2.07. The molecule has 0 saturated carbocycles. The highest BCUT2D eigenvalue weighted by atomic mass is 16.5. The van der Waals surface area contributed by atoms with Crippen LogP contribution in [0.25, 0.3) is 0 Å². The molecule has 0 amide bonds. The molecule has 0 aromatic carbocycles. The van der Waals surface area contributed by atoms with Crippen LogP contribution in [0.1, 0.15) is 34.1 Å². The molecular formula is C11H22O. The molecule has 0 aromatic heterocycles. The molecule has 0 unspecified atom stereocenters. The van der Waals surface area contributed by atoms with Gasteiger partial charge in [0, 0.05) is 0 Å². The fourth-order valence-corrected chi connectivity index (χ4v) is 0.485. The van der Waals surface area contributed by atoms with Crippen molar-refractivity contribution in [3.8, 4) is 0 Å². The van der Waals surface area contributed by atoms with Crippen LogP contribution in [0, 0.1) is 5.92 Å². The van der Waals surface area contributed by atoms with E-state index >= 15 is 0 Å². The molecule has 0 rings (SSSR count). The van der Waals surface area contributed by atoms with E-state index < -0.39 is 0 Å². The summed E-state index contributed by atoms with van der Waals surface area (Å²) in [5, 5.41) is 0. The highest BCUT2D eigenvalue weighted by Gasteiger charge is 1.93. The van der Waals surface area contributed by atoms with E-state index in [0.29, 0.717) is 11.7 Å². The molecule has 0 atom stereocenters. The van der Waals surface area contributed by atoms with E-state index in [-0.39, 0.29) is 0 Å². The third-order valence-electron chi connectivity index (χ3n) is 1.21. The van der Waals surface area contributed by atoms with Crippen LogP contribution in [0.4, 0.5) is 0 Å². The lowest BCUT2D eigenvalue weighted by Crippen LogP contribution is -1.96. The van der Waals surface area contributed by atoms with E-state index in [4.69, 9.17) is 4.74 Å². The molecule has 0 radical (unpaired) electrons. The highest BCUT2D eigenvalue weighted by Crippen LogP contribution is 2.02. The van der Waals surface area contributed by atoms with Gasteiger partial charge in [-0.2, -0.15) is 0 Å². The van der Waals surface area contributed by atoms with Gasteiger partial charge < -0.3 is 4.74 Å². The standard InChI is InChI=1S/C9H16O.C2H6/c1-5-9(4)10-7-6-8(2)3;1-2/h5,8H,1,4,6-7H2,2-3H3;1-2H3. The number of allylic oxidation sites excluding steroid dienone is 1. The summed E-state index contributed by atoms with van der Waals surface area (Å²) in [5.41, 5.74) is 0. The van der Waals surface area contributed by atoms with Crippen LogP contribution in [-0.2, 0) is 4.74 Å². The lowest BCUT2D eigenvalue weighted by molar-refractivity contribution is 0.208. The molecule has 0 spiro atoms. The van der Waals surface area contributed by atoms with Crippen molar-refractivity contribution in [2.75, 3.05) is 6.61 Å². The molecule has 0 N–H and O–H groups in total. The van der Waals surface area contributed by atoms with Gasteiger partial charge in [-0.15, -0.1) is 0 Å². The van der Waals surface area contributed by atoms with E-state index in [1.54, 1.807) is 6.08 Å². The smallest absolute Gasteiger partial charge is 0.111 e. The van der Waals surface area contributed by atoms with Gasteiger partial charge in [0.05, 0.1) is 6.61 Å². The minimum atomic E-state index is 0.667. The van der Waals surface area contributed by atoms with Gasteiger partial charge >= 0.3 is 0 Å². The molecular weight excluding hydrogens is 148 g/mol. The Labute approximate surface area is 77.1 Å². The molecule has 0 aromatic rings. The maximum atomic E-state index is 5.19. The molecule has 0 aliphatic rings. The molecule has 0 bridgehead atoms. The van der Waals surface area contributed by atoms with Crippen LogP contribution in [0.2, 0.25) is 0 Å². The number of hydrogen-bond donors (Lipinski definition) is 0. The van der Waals surface area contributed by atoms with E-state index in [2.05, 4.69) is 27.0 Å². The first-order chi connectivity index (χ1) is 5.66. The Morgan fingerprint density at radius 1 is 1.42 bits per heavy atom. The monoisotopic (exact) mass is 170 g/mol. The minimum absolute atomic E-state index is 0.667. The van der Waals surface area contributed by atoms with Gasteiger partial charge in [0.25, 0.3) is 0 Å². The van der Waals surface area contributed by atoms with E-state index in [1.165, 1.54) is 0 Å². The summed E-state index contributed by atoms with van der Waals surface area (Å²) in [6, 6.07) is 0. The molecule has 12 heavy (non-hydrogen) atoms. The Bertz CT molecular complexity index is 114. The highest BCUT2D eigenvalue weighted by molar-refractivity contribution is 5.01. The molecule has 0 aliphatic heterocycles. The van der Waals surface area contributed by atoms with Crippen molar-refractivity contribution in [2.24, 2.45) is 5.92 Å². The summed E-state index contributed by atoms with van der Waals surface area (Å²) in [7, 11) is 0. The second kappa shape index (κ2) is 10.3. The Kier molecular flexibility index (Phi) is 11.9. The van der Waals surface area contributed by atoms with Crippen LogP contribution < -0.4 is 0 Å². The molecule has 72 valence electrons. The van der Waals surface area contributed by atoms with Gasteiger partial charge in [0.2, 0.25) is 0 Å². The van der Waals surface area contributed by atoms with Crippen molar-refractivity contribution in [3.63, 3.8) is 0 Å². The Balaban J connectivity index is 0. The third-order valence-corrected chi connectivity index (χ3v) is 1.21. The summed E-state index contributed by atoms with van der Waals surface area (Å²) >= 11 is 0. The van der Waals surface area contributed by atoms with Crippen molar-refractivity contribution < 1.29 is 4.74 Å². The van der Waals surface area contributed by atoms with Crippen LogP contribution in [-0.4, -0.2) is 6.61 Å². The van der Waals surface area contributed by atoms with Crippen molar-refractivity contribution in [3.05, 3.63) is 25.0 Å². The summed E-state index contributed by atoms with van der Waals surface area (Å²) in [6.07, 6.45) is 2.70. The molecule has 1 nitrogen and oxygen atoms in total. The van der Waals surface area contributed by atoms with Gasteiger partial charge in [-0.05, 0) is 18.4 Å². The first kappa shape index (κ1) is 13.8. The van der Waals surface area contributed by atoms with Gasteiger partial charge in [0.1, 0.15) is 5.76 Å². The van der Waals surface area contributed by atoms with Crippen molar-refractivity contribution in [1.82, 2.24) is 0 Å².